The lowest BCUT2D eigenvalue weighted by Gasteiger charge is -2.39. The number of guanidine groups is 1. The lowest BCUT2D eigenvalue weighted by Crippen LogP contribution is -2.55. The quantitative estimate of drug-likeness (QED) is 0.506. The maximum atomic E-state index is 12.8. The first-order valence-corrected chi connectivity index (χ1v) is 11.4. The molecule has 2 atom stereocenters. The smallest absolute Gasteiger partial charge is 0.243 e. The predicted molar refractivity (Wildman–Crippen MR) is 121 cm³/mol. The maximum absolute atomic E-state index is 12.8. The minimum absolute atomic E-state index is 0.00642. The fourth-order valence-corrected chi connectivity index (χ4v) is 4.12. The molecule has 0 aliphatic carbocycles. The number of likely N-dealkylation sites (N-methyl/N-ethyl adjacent to an activating group) is 1. The van der Waals surface area contributed by atoms with Gasteiger partial charge in [0.25, 0.3) is 0 Å². The molecular formula is C22H42N6O2. The van der Waals surface area contributed by atoms with Crippen LogP contribution in [0.3, 0.4) is 0 Å². The fourth-order valence-electron chi connectivity index (χ4n) is 4.12. The number of aliphatic imine (C=N–C) groups is 1. The van der Waals surface area contributed by atoms with Crippen LogP contribution in [0.25, 0.3) is 0 Å². The van der Waals surface area contributed by atoms with Crippen LogP contribution in [0.15, 0.2) is 4.99 Å². The number of rotatable bonds is 6. The van der Waals surface area contributed by atoms with Crippen molar-refractivity contribution in [3.8, 4) is 0 Å². The van der Waals surface area contributed by atoms with Gasteiger partial charge in [-0.15, -0.1) is 0 Å². The van der Waals surface area contributed by atoms with E-state index in [0.717, 1.165) is 51.8 Å². The Bertz CT molecular complexity index is 588. The van der Waals surface area contributed by atoms with Gasteiger partial charge in [-0.2, -0.15) is 0 Å². The van der Waals surface area contributed by atoms with Crippen LogP contribution in [0.2, 0.25) is 0 Å². The van der Waals surface area contributed by atoms with Crippen LogP contribution in [-0.2, 0) is 9.59 Å². The Labute approximate surface area is 182 Å². The van der Waals surface area contributed by atoms with Crippen LogP contribution in [0.1, 0.15) is 34.1 Å². The SMILES string of the molecule is CC(C)CNC(=NCC(=O)N(C)C)N1CCN(CC(=O)N2CC(C)CC(C)C2)CC1. The zero-order valence-corrected chi connectivity index (χ0v) is 19.9. The molecule has 2 fully saturated rings. The molecule has 2 unspecified atom stereocenters. The molecule has 2 saturated heterocycles. The van der Waals surface area contributed by atoms with Gasteiger partial charge in [0, 0.05) is 59.9 Å². The number of nitrogens with zero attached hydrogens (tertiary/aromatic N) is 5. The molecule has 2 rings (SSSR count). The summed E-state index contributed by atoms with van der Waals surface area (Å²) in [5.74, 6) is 2.71. The maximum Gasteiger partial charge on any atom is 0.243 e. The summed E-state index contributed by atoms with van der Waals surface area (Å²) in [5.41, 5.74) is 0. The summed E-state index contributed by atoms with van der Waals surface area (Å²) in [4.78, 5) is 37.4. The average Bonchev–Trinajstić information content (AvgIpc) is 2.67. The van der Waals surface area contributed by atoms with Crippen LogP contribution < -0.4 is 5.32 Å². The largest absolute Gasteiger partial charge is 0.356 e. The summed E-state index contributed by atoms with van der Waals surface area (Å²) in [7, 11) is 3.50. The zero-order chi connectivity index (χ0) is 22.3. The third kappa shape index (κ3) is 7.78. The Morgan fingerprint density at radius 3 is 2.17 bits per heavy atom. The van der Waals surface area contributed by atoms with E-state index in [2.05, 4.69) is 52.7 Å². The standard InChI is InChI=1S/C22H42N6O2/c1-17(2)12-23-22(24-13-20(29)25(5)6)27-9-7-26(8-10-27)16-21(30)28-14-18(3)11-19(4)15-28/h17-19H,7-16H2,1-6H3,(H,23,24). The predicted octanol–water partition coefficient (Wildman–Crippen LogP) is 0.798. The second kappa shape index (κ2) is 11.5. The lowest BCUT2D eigenvalue weighted by molar-refractivity contribution is -0.135. The molecule has 2 aliphatic heterocycles. The number of hydrogen-bond acceptors (Lipinski definition) is 4. The fraction of sp³-hybridized carbons (Fsp3) is 0.864. The second-order valence-electron chi connectivity index (χ2n) is 9.71. The van der Waals surface area contributed by atoms with Gasteiger partial charge >= 0.3 is 0 Å². The van der Waals surface area contributed by atoms with Crippen molar-refractivity contribution in [2.75, 3.05) is 73.0 Å². The van der Waals surface area contributed by atoms with E-state index in [9.17, 15) is 9.59 Å². The van der Waals surface area contributed by atoms with E-state index in [1.165, 1.54) is 6.42 Å². The van der Waals surface area contributed by atoms with Crippen molar-refractivity contribution in [3.63, 3.8) is 0 Å². The normalized spacial score (nSPS) is 23.6. The van der Waals surface area contributed by atoms with Crippen molar-refractivity contribution >= 4 is 17.8 Å². The lowest BCUT2D eigenvalue weighted by atomic mass is 9.92. The molecule has 8 nitrogen and oxygen atoms in total. The number of hydrogen-bond donors (Lipinski definition) is 1. The van der Waals surface area contributed by atoms with Crippen LogP contribution in [0.4, 0.5) is 0 Å². The molecule has 0 saturated carbocycles. The molecule has 2 aliphatic rings. The number of nitrogens with one attached hydrogen (secondary N) is 1. The molecule has 0 aromatic heterocycles. The summed E-state index contributed by atoms with van der Waals surface area (Å²) >= 11 is 0. The Balaban J connectivity index is 1.88. The van der Waals surface area contributed by atoms with Gasteiger partial charge in [0.2, 0.25) is 11.8 Å². The molecule has 0 bridgehead atoms. The van der Waals surface area contributed by atoms with Crippen molar-refractivity contribution in [1.82, 2.24) is 24.9 Å². The summed E-state index contributed by atoms with van der Waals surface area (Å²) < 4.78 is 0. The van der Waals surface area contributed by atoms with E-state index < -0.39 is 0 Å². The molecule has 0 radical (unpaired) electrons. The average molecular weight is 423 g/mol. The Kier molecular flexibility index (Phi) is 9.39. The number of piperidine rings is 1. The molecule has 172 valence electrons. The molecule has 0 aromatic carbocycles. The van der Waals surface area contributed by atoms with Gasteiger partial charge in [-0.1, -0.05) is 27.7 Å². The molecule has 8 heteroatoms. The third-order valence-corrected chi connectivity index (χ3v) is 5.78. The Morgan fingerprint density at radius 2 is 1.63 bits per heavy atom. The van der Waals surface area contributed by atoms with Crippen molar-refractivity contribution in [1.29, 1.82) is 0 Å². The van der Waals surface area contributed by atoms with Crippen molar-refractivity contribution in [3.05, 3.63) is 0 Å². The van der Waals surface area contributed by atoms with Gasteiger partial charge < -0.3 is 20.0 Å². The molecule has 0 aromatic rings. The highest BCUT2D eigenvalue weighted by Gasteiger charge is 2.28. The summed E-state index contributed by atoms with van der Waals surface area (Å²) in [5, 5.41) is 3.41. The van der Waals surface area contributed by atoms with E-state index in [-0.39, 0.29) is 18.4 Å². The highest BCUT2D eigenvalue weighted by Crippen LogP contribution is 2.21. The van der Waals surface area contributed by atoms with Gasteiger partial charge in [-0.25, -0.2) is 4.99 Å². The Hall–Kier alpha value is -1.83. The van der Waals surface area contributed by atoms with Crippen LogP contribution in [0, 0.1) is 17.8 Å². The first kappa shape index (κ1) is 24.4. The zero-order valence-electron chi connectivity index (χ0n) is 19.9. The van der Waals surface area contributed by atoms with E-state index >= 15 is 0 Å². The minimum atomic E-state index is -0.00642. The molecule has 30 heavy (non-hydrogen) atoms. The van der Waals surface area contributed by atoms with Crippen LogP contribution >= 0.6 is 0 Å². The van der Waals surface area contributed by atoms with Gasteiger partial charge in [-0.05, 0) is 24.2 Å². The molecule has 2 heterocycles. The first-order chi connectivity index (χ1) is 14.2. The summed E-state index contributed by atoms with van der Waals surface area (Å²) in [6.45, 7) is 15.3. The number of carbonyl (C=O) groups excluding carboxylic acids is 2. The number of likely N-dealkylation sites (tertiary alicyclic amines) is 1. The first-order valence-electron chi connectivity index (χ1n) is 11.4. The van der Waals surface area contributed by atoms with Gasteiger partial charge in [0.15, 0.2) is 5.96 Å². The van der Waals surface area contributed by atoms with E-state index in [0.29, 0.717) is 24.3 Å². The number of carbonyl (C=O) groups is 2. The van der Waals surface area contributed by atoms with Gasteiger partial charge in [-0.3, -0.25) is 14.5 Å². The van der Waals surface area contributed by atoms with Crippen LogP contribution in [-0.4, -0.2) is 110 Å². The van der Waals surface area contributed by atoms with Gasteiger partial charge in [0.05, 0.1) is 6.54 Å². The van der Waals surface area contributed by atoms with Gasteiger partial charge in [0.1, 0.15) is 6.54 Å². The molecule has 2 amide bonds. The number of piperazine rings is 1. The molecular weight excluding hydrogens is 380 g/mol. The van der Waals surface area contributed by atoms with Crippen molar-refractivity contribution < 1.29 is 9.59 Å². The van der Waals surface area contributed by atoms with E-state index in [1.807, 2.05) is 0 Å². The van der Waals surface area contributed by atoms with E-state index in [1.54, 1.807) is 19.0 Å². The molecule has 1 N–H and O–H groups in total. The summed E-state index contributed by atoms with van der Waals surface area (Å²) in [6.07, 6.45) is 1.21. The number of amides is 2. The second-order valence-corrected chi connectivity index (χ2v) is 9.71. The minimum Gasteiger partial charge on any atom is -0.356 e. The topological polar surface area (TPSA) is 71.5 Å². The van der Waals surface area contributed by atoms with E-state index in [4.69, 9.17) is 0 Å². The van der Waals surface area contributed by atoms with Crippen LogP contribution in [0.5, 0.6) is 0 Å². The summed E-state index contributed by atoms with van der Waals surface area (Å²) in [6, 6.07) is 0. The highest BCUT2D eigenvalue weighted by atomic mass is 16.2. The highest BCUT2D eigenvalue weighted by molar-refractivity contribution is 5.85. The monoisotopic (exact) mass is 422 g/mol. The van der Waals surface area contributed by atoms with Crippen molar-refractivity contribution in [2.24, 2.45) is 22.7 Å². The third-order valence-electron chi connectivity index (χ3n) is 5.78. The Morgan fingerprint density at radius 1 is 1.03 bits per heavy atom. The molecule has 0 spiro atoms. The van der Waals surface area contributed by atoms with Crippen molar-refractivity contribution in [2.45, 2.75) is 34.1 Å².